The maximum absolute atomic E-state index is 4.86. The van der Waals surface area contributed by atoms with Crippen molar-refractivity contribution in [3.63, 3.8) is 0 Å². The zero-order valence-electron chi connectivity index (χ0n) is 14.9. The predicted molar refractivity (Wildman–Crippen MR) is 113 cm³/mol. The maximum Gasteiger partial charge on any atom is 0.129 e. The molecule has 0 fully saturated rings. The van der Waals surface area contributed by atoms with E-state index >= 15 is 0 Å². The number of imidazole rings is 1. The van der Waals surface area contributed by atoms with Crippen LogP contribution in [0.4, 0.5) is 11.4 Å². The highest BCUT2D eigenvalue weighted by Gasteiger charge is 2.15. The summed E-state index contributed by atoms with van der Waals surface area (Å²) in [5.74, 6) is 1.03. The van der Waals surface area contributed by atoms with E-state index in [-0.39, 0.29) is 0 Å². The lowest BCUT2D eigenvalue weighted by molar-refractivity contribution is 0.794. The molecule has 0 amide bonds. The number of thiophene rings is 1. The van der Waals surface area contributed by atoms with Crippen LogP contribution in [0.1, 0.15) is 5.82 Å². The molecule has 27 heavy (non-hydrogen) atoms. The minimum absolute atomic E-state index is 0.685. The lowest BCUT2D eigenvalue weighted by Crippen LogP contribution is -2.19. The number of hydrogen-bond acceptors (Lipinski definition) is 4. The number of benzene rings is 2. The van der Waals surface area contributed by atoms with Crippen LogP contribution in [0, 0.1) is 0 Å². The monoisotopic (exact) mass is 370 g/mol. The fourth-order valence-electron chi connectivity index (χ4n) is 3.46. The summed E-state index contributed by atoms with van der Waals surface area (Å²) in [6.45, 7) is 0.685. The highest BCUT2D eigenvalue weighted by atomic mass is 32.1. The van der Waals surface area contributed by atoms with Crippen LogP contribution in [0.2, 0.25) is 0 Å². The summed E-state index contributed by atoms with van der Waals surface area (Å²) in [7, 11) is 2.08. The molecule has 0 aliphatic rings. The number of para-hydroxylation sites is 2. The van der Waals surface area contributed by atoms with Gasteiger partial charge in [-0.1, -0.05) is 12.1 Å². The summed E-state index contributed by atoms with van der Waals surface area (Å²) >= 11 is 1.77. The second-order valence-electron chi connectivity index (χ2n) is 6.51. The standard InChI is InChI=1S/C22H18N4S/c1-25-20-5-3-2-4-19(20)24-22(25)15-26(17-8-11-23-12-9-17)18-6-7-21-16(14-18)10-13-27-21/h2-14H,15H2,1H3. The third kappa shape index (κ3) is 2.86. The van der Waals surface area contributed by atoms with Gasteiger partial charge in [-0.05, 0) is 59.3 Å². The van der Waals surface area contributed by atoms with Crippen LogP contribution >= 0.6 is 11.3 Å². The molecule has 0 saturated heterocycles. The Morgan fingerprint density at radius 3 is 2.67 bits per heavy atom. The fraction of sp³-hybridized carbons (Fsp3) is 0.0909. The molecule has 5 aromatic rings. The number of pyridine rings is 1. The topological polar surface area (TPSA) is 34.0 Å². The Morgan fingerprint density at radius 2 is 1.81 bits per heavy atom. The predicted octanol–water partition coefficient (Wildman–Crippen LogP) is 5.52. The van der Waals surface area contributed by atoms with Crippen LogP contribution in [-0.4, -0.2) is 14.5 Å². The zero-order valence-corrected chi connectivity index (χ0v) is 15.7. The molecule has 5 rings (SSSR count). The molecule has 0 radical (unpaired) electrons. The molecule has 0 N–H and O–H groups in total. The van der Waals surface area contributed by atoms with Crippen LogP contribution in [0.25, 0.3) is 21.1 Å². The maximum atomic E-state index is 4.86. The van der Waals surface area contributed by atoms with Gasteiger partial charge in [0.05, 0.1) is 17.6 Å². The molecule has 0 aliphatic heterocycles. The van der Waals surface area contributed by atoms with Gasteiger partial charge in [-0.25, -0.2) is 4.98 Å². The van der Waals surface area contributed by atoms with Crippen molar-refractivity contribution in [3.05, 3.63) is 84.3 Å². The number of aryl methyl sites for hydroxylation is 1. The molecular formula is C22H18N4S. The highest BCUT2D eigenvalue weighted by Crippen LogP contribution is 2.32. The number of fused-ring (bicyclic) bond motifs is 2. The van der Waals surface area contributed by atoms with Gasteiger partial charge in [-0.15, -0.1) is 11.3 Å². The fourth-order valence-corrected chi connectivity index (χ4v) is 4.23. The summed E-state index contributed by atoms with van der Waals surface area (Å²) in [6.07, 6.45) is 3.67. The van der Waals surface area contributed by atoms with Crippen LogP contribution in [0.3, 0.4) is 0 Å². The molecular weight excluding hydrogens is 352 g/mol. The van der Waals surface area contributed by atoms with E-state index in [9.17, 15) is 0 Å². The smallest absolute Gasteiger partial charge is 0.129 e. The van der Waals surface area contributed by atoms with Crippen molar-refractivity contribution in [1.82, 2.24) is 14.5 Å². The Morgan fingerprint density at radius 1 is 0.963 bits per heavy atom. The number of rotatable bonds is 4. The second-order valence-corrected chi connectivity index (χ2v) is 7.46. The van der Waals surface area contributed by atoms with Crippen molar-refractivity contribution in [3.8, 4) is 0 Å². The number of nitrogens with zero attached hydrogens (tertiary/aromatic N) is 4. The molecule has 0 aliphatic carbocycles. The zero-order chi connectivity index (χ0) is 18.2. The Hall–Kier alpha value is -3.18. The summed E-state index contributed by atoms with van der Waals surface area (Å²) in [5, 5.41) is 3.40. The van der Waals surface area contributed by atoms with Gasteiger partial charge in [0, 0.05) is 35.5 Å². The number of aromatic nitrogens is 3. The molecule has 0 atom stereocenters. The van der Waals surface area contributed by atoms with Gasteiger partial charge >= 0.3 is 0 Å². The Bertz CT molecular complexity index is 1220. The first-order chi connectivity index (χ1) is 13.3. The van der Waals surface area contributed by atoms with Crippen LogP contribution in [-0.2, 0) is 13.6 Å². The van der Waals surface area contributed by atoms with Crippen molar-refractivity contribution in [2.24, 2.45) is 7.05 Å². The minimum atomic E-state index is 0.685. The van der Waals surface area contributed by atoms with E-state index in [1.54, 1.807) is 11.3 Å². The van der Waals surface area contributed by atoms with Gasteiger partial charge in [-0.3, -0.25) is 4.98 Å². The van der Waals surface area contributed by atoms with Gasteiger partial charge in [0.25, 0.3) is 0 Å². The van der Waals surface area contributed by atoms with E-state index in [0.29, 0.717) is 6.54 Å². The van der Waals surface area contributed by atoms with Crippen LogP contribution in [0.5, 0.6) is 0 Å². The molecule has 5 heteroatoms. The molecule has 4 nitrogen and oxygen atoms in total. The lowest BCUT2D eigenvalue weighted by atomic mass is 10.2. The average molecular weight is 370 g/mol. The normalized spacial score (nSPS) is 11.3. The SMILES string of the molecule is Cn1c(CN(c2ccncc2)c2ccc3sccc3c2)nc2ccccc21. The van der Waals surface area contributed by atoms with Crippen LogP contribution in [0.15, 0.2) is 78.4 Å². The Kier molecular flexibility index (Phi) is 3.87. The van der Waals surface area contributed by atoms with Gasteiger partial charge in [-0.2, -0.15) is 0 Å². The molecule has 3 aromatic heterocycles. The molecule has 0 bridgehead atoms. The third-order valence-electron chi connectivity index (χ3n) is 4.90. The van der Waals surface area contributed by atoms with Crippen molar-refractivity contribution in [2.75, 3.05) is 4.90 Å². The average Bonchev–Trinajstić information content (AvgIpc) is 3.31. The van der Waals surface area contributed by atoms with Crippen LogP contribution < -0.4 is 4.90 Å². The molecule has 3 heterocycles. The van der Waals surface area contributed by atoms with E-state index in [1.807, 2.05) is 30.6 Å². The van der Waals surface area contributed by atoms with E-state index in [2.05, 4.69) is 69.3 Å². The quantitative estimate of drug-likeness (QED) is 0.418. The van der Waals surface area contributed by atoms with Crippen molar-refractivity contribution in [1.29, 1.82) is 0 Å². The van der Waals surface area contributed by atoms with Crippen molar-refractivity contribution >= 4 is 43.8 Å². The summed E-state index contributed by atoms with van der Waals surface area (Å²) < 4.78 is 3.48. The first kappa shape index (κ1) is 16.0. The van der Waals surface area contributed by atoms with Gasteiger partial charge in [0.2, 0.25) is 0 Å². The summed E-state index contributed by atoms with van der Waals surface area (Å²) in [6, 6.07) is 21.1. The van der Waals surface area contributed by atoms with E-state index in [1.165, 1.54) is 10.1 Å². The molecule has 0 unspecified atom stereocenters. The van der Waals surface area contributed by atoms with Crippen molar-refractivity contribution in [2.45, 2.75) is 6.54 Å². The minimum Gasteiger partial charge on any atom is -0.334 e. The third-order valence-corrected chi connectivity index (χ3v) is 5.80. The second kappa shape index (κ2) is 6.52. The Labute approximate surface area is 161 Å². The molecule has 2 aromatic carbocycles. The molecule has 132 valence electrons. The molecule has 0 spiro atoms. The van der Waals surface area contributed by atoms with Gasteiger partial charge in [0.1, 0.15) is 5.82 Å². The van der Waals surface area contributed by atoms with E-state index < -0.39 is 0 Å². The van der Waals surface area contributed by atoms with E-state index in [4.69, 9.17) is 4.98 Å². The number of hydrogen-bond donors (Lipinski definition) is 0. The highest BCUT2D eigenvalue weighted by molar-refractivity contribution is 7.17. The van der Waals surface area contributed by atoms with Gasteiger partial charge in [0.15, 0.2) is 0 Å². The summed E-state index contributed by atoms with van der Waals surface area (Å²) in [4.78, 5) is 11.3. The van der Waals surface area contributed by atoms with E-state index in [0.717, 1.165) is 28.2 Å². The number of anilines is 2. The first-order valence-corrected chi connectivity index (χ1v) is 9.73. The molecule has 0 saturated carbocycles. The largest absolute Gasteiger partial charge is 0.334 e. The Balaban J connectivity index is 1.62. The van der Waals surface area contributed by atoms with Crippen molar-refractivity contribution < 1.29 is 0 Å². The first-order valence-electron chi connectivity index (χ1n) is 8.85. The lowest BCUT2D eigenvalue weighted by Gasteiger charge is -2.24. The summed E-state index contributed by atoms with van der Waals surface area (Å²) in [5.41, 5.74) is 4.43. The van der Waals surface area contributed by atoms with Gasteiger partial charge < -0.3 is 9.47 Å².